The summed E-state index contributed by atoms with van der Waals surface area (Å²) in [7, 11) is 0. The first-order valence-electron chi connectivity index (χ1n) is 5.09. The molecule has 3 nitrogen and oxygen atoms in total. The summed E-state index contributed by atoms with van der Waals surface area (Å²) < 4.78 is 13.0. The average Bonchev–Trinajstić information content (AvgIpc) is 2.20. The number of azide groups is 1. The third-order valence-corrected chi connectivity index (χ3v) is 2.30. The van der Waals surface area contributed by atoms with Crippen molar-refractivity contribution < 1.29 is 4.39 Å². The molecule has 0 fully saturated rings. The Hall–Kier alpha value is -1.80. The van der Waals surface area contributed by atoms with Gasteiger partial charge in [0.2, 0.25) is 0 Å². The molecule has 1 rings (SSSR count). The van der Waals surface area contributed by atoms with Gasteiger partial charge in [0.1, 0.15) is 5.82 Å². The molecule has 0 spiro atoms. The SMILES string of the molecule is Cc1cc(F)cc(C)c1C=CCCN=[N+]=[N-]. The van der Waals surface area contributed by atoms with E-state index in [1.165, 1.54) is 12.1 Å². The van der Waals surface area contributed by atoms with E-state index >= 15 is 0 Å². The summed E-state index contributed by atoms with van der Waals surface area (Å²) in [6.07, 6.45) is 4.57. The van der Waals surface area contributed by atoms with Crippen LogP contribution in [0.4, 0.5) is 4.39 Å². The molecule has 0 atom stereocenters. The van der Waals surface area contributed by atoms with Crippen molar-refractivity contribution >= 4 is 6.08 Å². The largest absolute Gasteiger partial charge is 0.207 e. The van der Waals surface area contributed by atoms with Crippen LogP contribution < -0.4 is 0 Å². The smallest absolute Gasteiger partial charge is 0.123 e. The number of hydrogen-bond acceptors (Lipinski definition) is 1. The minimum absolute atomic E-state index is 0.207. The summed E-state index contributed by atoms with van der Waals surface area (Å²) in [6, 6.07) is 3.03. The monoisotopic (exact) mass is 219 g/mol. The van der Waals surface area contributed by atoms with Gasteiger partial charge < -0.3 is 0 Å². The normalized spacial score (nSPS) is 10.4. The van der Waals surface area contributed by atoms with Crippen molar-refractivity contribution in [3.05, 3.63) is 51.2 Å². The minimum atomic E-state index is -0.207. The van der Waals surface area contributed by atoms with Crippen molar-refractivity contribution in [2.45, 2.75) is 20.3 Å². The zero-order chi connectivity index (χ0) is 12.0. The fraction of sp³-hybridized carbons (Fsp3) is 0.333. The van der Waals surface area contributed by atoms with E-state index < -0.39 is 0 Å². The Labute approximate surface area is 94.2 Å². The molecule has 1 aromatic rings. The Balaban J connectivity index is 2.77. The molecule has 0 radical (unpaired) electrons. The van der Waals surface area contributed by atoms with Crippen LogP contribution in [0.15, 0.2) is 23.3 Å². The summed E-state index contributed by atoms with van der Waals surface area (Å²) in [6.45, 7) is 4.21. The van der Waals surface area contributed by atoms with E-state index in [0.717, 1.165) is 16.7 Å². The summed E-state index contributed by atoms with van der Waals surface area (Å²) in [5, 5.41) is 3.43. The van der Waals surface area contributed by atoms with Gasteiger partial charge in [-0.25, -0.2) is 4.39 Å². The third kappa shape index (κ3) is 3.41. The molecule has 0 aliphatic carbocycles. The standard InChI is InChI=1S/C12H14FN3/c1-9-7-11(13)8-10(2)12(9)5-3-4-6-15-16-14/h3,5,7-8H,4,6H2,1-2H3. The van der Waals surface area contributed by atoms with Crippen LogP contribution >= 0.6 is 0 Å². The Morgan fingerprint density at radius 2 is 2.00 bits per heavy atom. The van der Waals surface area contributed by atoms with Gasteiger partial charge in [-0.2, -0.15) is 0 Å². The maximum Gasteiger partial charge on any atom is 0.123 e. The van der Waals surface area contributed by atoms with Gasteiger partial charge in [-0.15, -0.1) is 0 Å². The molecule has 0 saturated carbocycles. The molecule has 1 aromatic carbocycles. The first kappa shape index (κ1) is 12.3. The van der Waals surface area contributed by atoms with Crippen LogP contribution in [-0.2, 0) is 0 Å². The maximum absolute atomic E-state index is 13.0. The highest BCUT2D eigenvalue weighted by Crippen LogP contribution is 2.17. The molecule has 0 aliphatic heterocycles. The van der Waals surface area contributed by atoms with E-state index in [0.29, 0.717) is 13.0 Å². The van der Waals surface area contributed by atoms with Crippen LogP contribution in [0.1, 0.15) is 23.1 Å². The van der Waals surface area contributed by atoms with Crippen LogP contribution in [0.25, 0.3) is 16.5 Å². The maximum atomic E-state index is 13.0. The summed E-state index contributed by atoms with van der Waals surface area (Å²) >= 11 is 0. The molecule has 0 unspecified atom stereocenters. The fourth-order valence-corrected chi connectivity index (χ4v) is 1.56. The highest BCUT2D eigenvalue weighted by Gasteiger charge is 2.01. The second kappa shape index (κ2) is 5.93. The topological polar surface area (TPSA) is 48.8 Å². The van der Waals surface area contributed by atoms with Gasteiger partial charge in [-0.05, 0) is 54.6 Å². The van der Waals surface area contributed by atoms with E-state index in [4.69, 9.17) is 5.53 Å². The molecule has 16 heavy (non-hydrogen) atoms. The molecule has 0 bridgehead atoms. The van der Waals surface area contributed by atoms with Gasteiger partial charge in [-0.3, -0.25) is 0 Å². The Morgan fingerprint density at radius 1 is 1.38 bits per heavy atom. The molecule has 0 aliphatic rings. The van der Waals surface area contributed by atoms with E-state index in [9.17, 15) is 4.39 Å². The van der Waals surface area contributed by atoms with Gasteiger partial charge >= 0.3 is 0 Å². The zero-order valence-electron chi connectivity index (χ0n) is 9.44. The van der Waals surface area contributed by atoms with Crippen LogP contribution in [-0.4, -0.2) is 6.54 Å². The Kier molecular flexibility index (Phi) is 4.55. The molecule has 0 amide bonds. The lowest BCUT2D eigenvalue weighted by molar-refractivity contribution is 0.625. The zero-order valence-corrected chi connectivity index (χ0v) is 9.44. The first-order chi connectivity index (χ1) is 7.65. The molecule has 0 heterocycles. The van der Waals surface area contributed by atoms with Gasteiger partial charge in [-0.1, -0.05) is 17.3 Å². The third-order valence-electron chi connectivity index (χ3n) is 2.30. The van der Waals surface area contributed by atoms with Crippen LogP contribution in [0, 0.1) is 19.7 Å². The number of rotatable bonds is 4. The van der Waals surface area contributed by atoms with E-state index in [1.54, 1.807) is 0 Å². The number of halogens is 1. The second-order valence-electron chi connectivity index (χ2n) is 3.60. The number of benzene rings is 1. The molecule has 0 aromatic heterocycles. The van der Waals surface area contributed by atoms with E-state index in [-0.39, 0.29) is 5.82 Å². The van der Waals surface area contributed by atoms with Crippen molar-refractivity contribution in [1.82, 2.24) is 0 Å². The van der Waals surface area contributed by atoms with Gasteiger partial charge in [0.05, 0.1) is 0 Å². The number of aryl methyl sites for hydroxylation is 2. The lowest BCUT2D eigenvalue weighted by Crippen LogP contribution is -1.89. The van der Waals surface area contributed by atoms with Gasteiger partial charge in [0.25, 0.3) is 0 Å². The molecular weight excluding hydrogens is 205 g/mol. The van der Waals surface area contributed by atoms with Crippen molar-refractivity contribution in [1.29, 1.82) is 0 Å². The van der Waals surface area contributed by atoms with E-state index in [2.05, 4.69) is 10.0 Å². The molecule has 0 saturated heterocycles. The second-order valence-corrected chi connectivity index (χ2v) is 3.60. The summed E-state index contributed by atoms with van der Waals surface area (Å²) in [5.74, 6) is -0.207. The minimum Gasteiger partial charge on any atom is -0.207 e. The fourth-order valence-electron chi connectivity index (χ4n) is 1.56. The van der Waals surface area contributed by atoms with Crippen LogP contribution in [0.3, 0.4) is 0 Å². The highest BCUT2D eigenvalue weighted by molar-refractivity contribution is 5.57. The Morgan fingerprint density at radius 3 is 2.56 bits per heavy atom. The van der Waals surface area contributed by atoms with Crippen molar-refractivity contribution in [2.75, 3.05) is 6.54 Å². The molecule has 0 N–H and O–H groups in total. The quantitative estimate of drug-likeness (QED) is 0.316. The predicted molar refractivity (Wildman–Crippen MR) is 63.5 cm³/mol. The van der Waals surface area contributed by atoms with Crippen molar-refractivity contribution in [3.63, 3.8) is 0 Å². The number of nitrogens with zero attached hydrogens (tertiary/aromatic N) is 3. The van der Waals surface area contributed by atoms with E-state index in [1.807, 2.05) is 26.0 Å². The van der Waals surface area contributed by atoms with Gasteiger partial charge in [0.15, 0.2) is 0 Å². The Bertz CT molecular complexity index is 423. The van der Waals surface area contributed by atoms with Crippen molar-refractivity contribution in [2.24, 2.45) is 5.11 Å². The van der Waals surface area contributed by atoms with Crippen LogP contribution in [0.5, 0.6) is 0 Å². The molecular formula is C12H14FN3. The highest BCUT2D eigenvalue weighted by atomic mass is 19.1. The summed E-state index contributed by atoms with van der Waals surface area (Å²) in [5.41, 5.74) is 11.0. The molecule has 4 heteroatoms. The number of hydrogen-bond donors (Lipinski definition) is 0. The lowest BCUT2D eigenvalue weighted by Gasteiger charge is -2.05. The summed E-state index contributed by atoms with van der Waals surface area (Å²) in [4.78, 5) is 2.67. The van der Waals surface area contributed by atoms with Gasteiger partial charge in [0, 0.05) is 11.5 Å². The predicted octanol–water partition coefficient (Wildman–Crippen LogP) is 4.16. The lowest BCUT2D eigenvalue weighted by atomic mass is 10.0. The van der Waals surface area contributed by atoms with Crippen LogP contribution in [0.2, 0.25) is 0 Å². The average molecular weight is 219 g/mol. The molecule has 84 valence electrons. The first-order valence-corrected chi connectivity index (χ1v) is 5.09. The van der Waals surface area contributed by atoms with Crippen molar-refractivity contribution in [3.8, 4) is 0 Å².